The predicted molar refractivity (Wildman–Crippen MR) is 77.9 cm³/mol. The molecule has 1 unspecified atom stereocenters. The quantitative estimate of drug-likeness (QED) is 0.892. The van der Waals surface area contributed by atoms with Crippen LogP contribution in [0.5, 0.6) is 11.5 Å². The lowest BCUT2D eigenvalue weighted by Gasteiger charge is -2.11. The largest absolute Gasteiger partial charge is 0.456 e. The zero-order valence-electron chi connectivity index (χ0n) is 10.3. The van der Waals surface area contributed by atoms with E-state index in [1.165, 1.54) is 0 Å². The van der Waals surface area contributed by atoms with Crippen molar-refractivity contribution in [2.45, 2.75) is 19.4 Å². The van der Waals surface area contributed by atoms with Crippen LogP contribution in [-0.4, -0.2) is 0 Å². The second-order valence-corrected chi connectivity index (χ2v) is 4.97. The summed E-state index contributed by atoms with van der Waals surface area (Å²) in [5, 5.41) is 0. The Hall–Kier alpha value is -1.32. The van der Waals surface area contributed by atoms with Gasteiger partial charge in [-0.3, -0.25) is 0 Å². The van der Waals surface area contributed by atoms with Crippen LogP contribution < -0.4 is 10.5 Å². The van der Waals surface area contributed by atoms with Crippen molar-refractivity contribution in [3.05, 3.63) is 58.6 Å². The lowest BCUT2D eigenvalue weighted by molar-refractivity contribution is 0.479. The van der Waals surface area contributed by atoms with E-state index in [2.05, 4.69) is 22.9 Å². The van der Waals surface area contributed by atoms with Gasteiger partial charge in [0.1, 0.15) is 11.5 Å². The van der Waals surface area contributed by atoms with Gasteiger partial charge in [-0.15, -0.1) is 0 Å². The average molecular weight is 306 g/mol. The third-order valence-electron chi connectivity index (χ3n) is 2.81. The number of benzene rings is 2. The van der Waals surface area contributed by atoms with Gasteiger partial charge in [0.15, 0.2) is 0 Å². The van der Waals surface area contributed by atoms with E-state index >= 15 is 0 Å². The Labute approximate surface area is 116 Å². The highest BCUT2D eigenvalue weighted by Crippen LogP contribution is 2.29. The number of para-hydroxylation sites is 1. The minimum atomic E-state index is 0.0995. The Morgan fingerprint density at radius 2 is 1.78 bits per heavy atom. The Balaban J connectivity index is 2.14. The lowest BCUT2D eigenvalue weighted by Crippen LogP contribution is -2.07. The SMILES string of the molecule is CCC(N)c1ccc(Oc2ccccc2Br)cc1. The van der Waals surface area contributed by atoms with Crippen LogP contribution in [0, 0.1) is 0 Å². The van der Waals surface area contributed by atoms with E-state index in [0.717, 1.165) is 28.0 Å². The van der Waals surface area contributed by atoms with Crippen LogP contribution in [0.3, 0.4) is 0 Å². The van der Waals surface area contributed by atoms with Crippen molar-refractivity contribution < 1.29 is 4.74 Å². The molecule has 2 aromatic rings. The van der Waals surface area contributed by atoms with Crippen LogP contribution in [0.2, 0.25) is 0 Å². The fourth-order valence-electron chi connectivity index (χ4n) is 1.67. The third-order valence-corrected chi connectivity index (χ3v) is 3.47. The summed E-state index contributed by atoms with van der Waals surface area (Å²) >= 11 is 3.46. The van der Waals surface area contributed by atoms with Crippen molar-refractivity contribution in [2.75, 3.05) is 0 Å². The van der Waals surface area contributed by atoms with E-state index in [1.807, 2.05) is 48.5 Å². The van der Waals surface area contributed by atoms with Crippen LogP contribution >= 0.6 is 15.9 Å². The summed E-state index contributed by atoms with van der Waals surface area (Å²) < 4.78 is 6.73. The fourth-order valence-corrected chi connectivity index (χ4v) is 2.04. The molecule has 3 heteroatoms. The lowest BCUT2D eigenvalue weighted by atomic mass is 10.1. The van der Waals surface area contributed by atoms with Crippen molar-refractivity contribution in [1.82, 2.24) is 0 Å². The van der Waals surface area contributed by atoms with E-state index in [-0.39, 0.29) is 6.04 Å². The standard InChI is InChI=1S/C15H16BrNO/c1-2-14(17)11-7-9-12(10-8-11)18-15-6-4-3-5-13(15)16/h3-10,14H,2,17H2,1H3. The molecule has 0 amide bonds. The minimum Gasteiger partial charge on any atom is -0.456 e. The van der Waals surface area contributed by atoms with Gasteiger partial charge in [-0.25, -0.2) is 0 Å². The molecule has 18 heavy (non-hydrogen) atoms. The van der Waals surface area contributed by atoms with Crippen molar-refractivity contribution in [3.8, 4) is 11.5 Å². The summed E-state index contributed by atoms with van der Waals surface area (Å²) in [5.41, 5.74) is 7.11. The van der Waals surface area contributed by atoms with Gasteiger partial charge < -0.3 is 10.5 Å². The van der Waals surface area contributed by atoms with Crippen LogP contribution in [0.4, 0.5) is 0 Å². The zero-order valence-corrected chi connectivity index (χ0v) is 11.9. The topological polar surface area (TPSA) is 35.2 Å². The summed E-state index contributed by atoms with van der Waals surface area (Å²) in [5.74, 6) is 1.62. The van der Waals surface area contributed by atoms with Gasteiger partial charge in [0, 0.05) is 6.04 Å². The first-order chi connectivity index (χ1) is 8.70. The maximum Gasteiger partial charge on any atom is 0.141 e. The second kappa shape index (κ2) is 6.03. The number of halogens is 1. The molecule has 0 aliphatic carbocycles. The van der Waals surface area contributed by atoms with Crippen LogP contribution in [0.1, 0.15) is 24.9 Å². The summed E-state index contributed by atoms with van der Waals surface area (Å²) in [7, 11) is 0. The van der Waals surface area contributed by atoms with Crippen molar-refractivity contribution >= 4 is 15.9 Å². The summed E-state index contributed by atoms with van der Waals surface area (Å²) in [6, 6.07) is 15.8. The molecule has 94 valence electrons. The molecule has 0 saturated heterocycles. The van der Waals surface area contributed by atoms with Gasteiger partial charge in [-0.05, 0) is 52.2 Å². The first-order valence-corrected chi connectivity index (χ1v) is 6.78. The molecule has 1 atom stereocenters. The molecule has 2 nitrogen and oxygen atoms in total. The summed E-state index contributed by atoms with van der Waals surface area (Å²) in [4.78, 5) is 0. The fraction of sp³-hybridized carbons (Fsp3) is 0.200. The maximum atomic E-state index is 5.97. The van der Waals surface area contributed by atoms with Gasteiger partial charge in [0.05, 0.1) is 4.47 Å². The Kier molecular flexibility index (Phi) is 4.39. The van der Waals surface area contributed by atoms with Gasteiger partial charge in [-0.1, -0.05) is 31.2 Å². The van der Waals surface area contributed by atoms with E-state index in [9.17, 15) is 0 Å². The van der Waals surface area contributed by atoms with E-state index in [1.54, 1.807) is 0 Å². The molecule has 0 aromatic heterocycles. The normalized spacial score (nSPS) is 12.2. The number of nitrogens with two attached hydrogens (primary N) is 1. The maximum absolute atomic E-state index is 5.97. The molecular weight excluding hydrogens is 290 g/mol. The molecular formula is C15H16BrNO. The molecule has 0 saturated carbocycles. The second-order valence-electron chi connectivity index (χ2n) is 4.12. The smallest absolute Gasteiger partial charge is 0.141 e. The van der Waals surface area contributed by atoms with Crippen LogP contribution in [0.25, 0.3) is 0 Å². The Morgan fingerprint density at radius 3 is 2.39 bits per heavy atom. The first-order valence-electron chi connectivity index (χ1n) is 5.98. The van der Waals surface area contributed by atoms with Gasteiger partial charge >= 0.3 is 0 Å². The van der Waals surface area contributed by atoms with E-state index in [4.69, 9.17) is 10.5 Å². The van der Waals surface area contributed by atoms with Crippen LogP contribution in [-0.2, 0) is 0 Å². The molecule has 0 heterocycles. The predicted octanol–water partition coefficient (Wildman–Crippen LogP) is 4.65. The molecule has 0 fully saturated rings. The summed E-state index contributed by atoms with van der Waals surface area (Å²) in [6.45, 7) is 2.08. The first kappa shape index (κ1) is 13.1. The van der Waals surface area contributed by atoms with Gasteiger partial charge in [0.2, 0.25) is 0 Å². The van der Waals surface area contributed by atoms with Gasteiger partial charge in [0.25, 0.3) is 0 Å². The van der Waals surface area contributed by atoms with E-state index in [0.29, 0.717) is 0 Å². The molecule has 0 radical (unpaired) electrons. The van der Waals surface area contributed by atoms with Crippen molar-refractivity contribution in [1.29, 1.82) is 0 Å². The van der Waals surface area contributed by atoms with Crippen molar-refractivity contribution in [2.24, 2.45) is 5.73 Å². The molecule has 2 rings (SSSR count). The third kappa shape index (κ3) is 3.12. The van der Waals surface area contributed by atoms with Crippen LogP contribution in [0.15, 0.2) is 53.0 Å². The molecule has 0 aliphatic rings. The Morgan fingerprint density at radius 1 is 1.11 bits per heavy atom. The molecule has 0 spiro atoms. The number of hydrogen-bond donors (Lipinski definition) is 1. The zero-order chi connectivity index (χ0) is 13.0. The highest BCUT2D eigenvalue weighted by Gasteiger charge is 2.04. The van der Waals surface area contributed by atoms with E-state index < -0.39 is 0 Å². The molecule has 0 bridgehead atoms. The molecule has 0 aliphatic heterocycles. The highest BCUT2D eigenvalue weighted by molar-refractivity contribution is 9.10. The average Bonchev–Trinajstić information content (AvgIpc) is 2.41. The monoisotopic (exact) mass is 305 g/mol. The Bertz CT molecular complexity index is 510. The minimum absolute atomic E-state index is 0.0995. The number of hydrogen-bond acceptors (Lipinski definition) is 2. The highest BCUT2D eigenvalue weighted by atomic mass is 79.9. The molecule has 2 aromatic carbocycles. The number of ether oxygens (including phenoxy) is 1. The summed E-state index contributed by atoms with van der Waals surface area (Å²) in [6.07, 6.45) is 0.935. The number of rotatable bonds is 4. The molecule has 2 N–H and O–H groups in total. The van der Waals surface area contributed by atoms with Crippen molar-refractivity contribution in [3.63, 3.8) is 0 Å². The van der Waals surface area contributed by atoms with Gasteiger partial charge in [-0.2, -0.15) is 0 Å².